The van der Waals surface area contributed by atoms with Crippen molar-refractivity contribution in [2.75, 3.05) is 24.2 Å². The summed E-state index contributed by atoms with van der Waals surface area (Å²) in [6.45, 7) is 4.65. The molecule has 1 N–H and O–H groups in total. The molecule has 0 fully saturated rings. The van der Waals surface area contributed by atoms with Crippen molar-refractivity contribution in [3.05, 3.63) is 54.1 Å². The monoisotopic (exact) mass is 319 g/mol. The predicted molar refractivity (Wildman–Crippen MR) is 89.3 cm³/mol. The van der Waals surface area contributed by atoms with E-state index in [2.05, 4.69) is 5.32 Å². The van der Waals surface area contributed by atoms with Gasteiger partial charge in [-0.25, -0.2) is 8.42 Å². The van der Waals surface area contributed by atoms with Gasteiger partial charge in [-0.2, -0.15) is 0 Å². The second-order valence-electron chi connectivity index (χ2n) is 4.99. The molecule has 2 rings (SSSR count). The van der Waals surface area contributed by atoms with Gasteiger partial charge in [0.1, 0.15) is 12.4 Å². The minimum Gasteiger partial charge on any atom is -0.492 e. The molecular weight excluding hydrogens is 298 g/mol. The summed E-state index contributed by atoms with van der Waals surface area (Å²) in [5, 5.41) is 3.13. The molecular formula is C17H21NO3S. The number of hydrogen-bond acceptors (Lipinski definition) is 4. The first kappa shape index (κ1) is 16.4. The number of ether oxygens (including phenoxy) is 1. The van der Waals surface area contributed by atoms with E-state index in [1.807, 2.05) is 37.3 Å². The maximum atomic E-state index is 12.0. The van der Waals surface area contributed by atoms with Crippen molar-refractivity contribution in [2.45, 2.75) is 18.7 Å². The molecule has 0 aromatic heterocycles. The van der Waals surface area contributed by atoms with Gasteiger partial charge >= 0.3 is 0 Å². The van der Waals surface area contributed by atoms with E-state index in [1.165, 1.54) is 0 Å². The molecule has 0 aliphatic heterocycles. The van der Waals surface area contributed by atoms with E-state index in [0.29, 0.717) is 23.7 Å². The highest BCUT2D eigenvalue weighted by Gasteiger charge is 2.15. The Morgan fingerprint density at radius 2 is 1.86 bits per heavy atom. The van der Waals surface area contributed by atoms with Crippen molar-refractivity contribution in [1.29, 1.82) is 0 Å². The highest BCUT2D eigenvalue weighted by atomic mass is 32.2. The van der Waals surface area contributed by atoms with Gasteiger partial charge in [0.25, 0.3) is 0 Å². The van der Waals surface area contributed by atoms with Crippen molar-refractivity contribution in [1.82, 2.24) is 0 Å². The third-order valence-corrected chi connectivity index (χ3v) is 5.06. The summed E-state index contributed by atoms with van der Waals surface area (Å²) in [7, 11) is -3.23. The Morgan fingerprint density at radius 3 is 2.59 bits per heavy atom. The minimum atomic E-state index is -3.23. The smallest absolute Gasteiger partial charge is 0.180 e. The van der Waals surface area contributed by atoms with Crippen molar-refractivity contribution in [2.24, 2.45) is 0 Å². The lowest BCUT2D eigenvalue weighted by atomic mass is 10.2. The van der Waals surface area contributed by atoms with Crippen LogP contribution < -0.4 is 10.1 Å². The zero-order chi connectivity index (χ0) is 16.0. The Bertz CT molecular complexity index is 726. The molecule has 0 aliphatic rings. The second kappa shape index (κ2) is 7.31. The first-order valence-electron chi connectivity index (χ1n) is 7.28. The second-order valence-corrected chi connectivity index (χ2v) is 7.24. The van der Waals surface area contributed by atoms with Crippen LogP contribution >= 0.6 is 0 Å². The van der Waals surface area contributed by atoms with E-state index in [-0.39, 0.29) is 5.75 Å². The van der Waals surface area contributed by atoms with Gasteiger partial charge in [0.15, 0.2) is 9.84 Å². The number of para-hydroxylation sites is 1. The third kappa shape index (κ3) is 4.24. The number of sulfone groups is 1. The summed E-state index contributed by atoms with van der Waals surface area (Å²) in [4.78, 5) is 0.341. The summed E-state index contributed by atoms with van der Waals surface area (Å²) in [6, 6.07) is 14.8. The molecule has 4 nitrogen and oxygen atoms in total. The molecule has 0 unspecified atom stereocenters. The molecule has 0 spiro atoms. The summed E-state index contributed by atoms with van der Waals surface area (Å²) in [5.74, 6) is 0.905. The highest BCUT2D eigenvalue weighted by molar-refractivity contribution is 7.91. The fourth-order valence-corrected chi connectivity index (χ4v) is 3.17. The largest absolute Gasteiger partial charge is 0.492 e. The molecule has 118 valence electrons. The van der Waals surface area contributed by atoms with E-state index >= 15 is 0 Å². The summed E-state index contributed by atoms with van der Waals surface area (Å²) in [5.41, 5.74) is 1.77. The first-order valence-corrected chi connectivity index (χ1v) is 8.93. The number of benzene rings is 2. The van der Waals surface area contributed by atoms with Gasteiger partial charge in [-0.1, -0.05) is 31.2 Å². The number of aryl methyl sites for hydroxylation is 1. The first-order chi connectivity index (χ1) is 10.5. The fraction of sp³-hybridized carbons (Fsp3) is 0.294. The van der Waals surface area contributed by atoms with Crippen LogP contribution in [0.4, 0.5) is 5.69 Å². The van der Waals surface area contributed by atoms with Crippen LogP contribution in [0.1, 0.15) is 12.5 Å². The molecule has 22 heavy (non-hydrogen) atoms. The molecule has 2 aromatic rings. The highest BCUT2D eigenvalue weighted by Crippen LogP contribution is 2.21. The van der Waals surface area contributed by atoms with Crippen LogP contribution in [0.5, 0.6) is 5.75 Å². The maximum Gasteiger partial charge on any atom is 0.180 e. The van der Waals surface area contributed by atoms with Gasteiger partial charge in [-0.3, -0.25) is 0 Å². The average molecular weight is 319 g/mol. The van der Waals surface area contributed by atoms with Crippen molar-refractivity contribution >= 4 is 15.5 Å². The van der Waals surface area contributed by atoms with Crippen LogP contribution in [-0.2, 0) is 9.84 Å². The van der Waals surface area contributed by atoms with E-state index in [4.69, 9.17) is 4.74 Å². The van der Waals surface area contributed by atoms with Gasteiger partial charge in [-0.05, 0) is 36.8 Å². The Hall–Kier alpha value is -2.01. The minimum absolute atomic E-state index is 0.0888. The standard InChI is InChI=1S/C17H21NO3S/c1-3-22(19,20)17-10-5-4-9-16(17)18-11-12-21-15-8-6-7-14(2)13-15/h4-10,13,18H,3,11-12H2,1-2H3. The lowest BCUT2D eigenvalue weighted by molar-refractivity contribution is 0.332. The zero-order valence-corrected chi connectivity index (χ0v) is 13.7. The number of rotatable bonds is 7. The van der Waals surface area contributed by atoms with Gasteiger partial charge in [0.05, 0.1) is 16.3 Å². The van der Waals surface area contributed by atoms with Gasteiger partial charge in [0.2, 0.25) is 0 Å². The molecule has 0 radical (unpaired) electrons. The average Bonchev–Trinajstić information content (AvgIpc) is 2.52. The summed E-state index contributed by atoms with van der Waals surface area (Å²) >= 11 is 0. The van der Waals surface area contributed by atoms with Crippen LogP contribution in [0.15, 0.2) is 53.4 Å². The molecule has 2 aromatic carbocycles. The van der Waals surface area contributed by atoms with Crippen molar-refractivity contribution in [3.8, 4) is 5.75 Å². The quantitative estimate of drug-likeness (QED) is 0.796. The van der Waals surface area contributed by atoms with Crippen LogP contribution in [-0.4, -0.2) is 27.3 Å². The Kier molecular flexibility index (Phi) is 5.44. The molecule has 0 heterocycles. The lowest BCUT2D eigenvalue weighted by Gasteiger charge is -2.12. The van der Waals surface area contributed by atoms with Crippen LogP contribution in [0.2, 0.25) is 0 Å². The molecule has 0 atom stereocenters. The van der Waals surface area contributed by atoms with E-state index in [9.17, 15) is 8.42 Å². The van der Waals surface area contributed by atoms with E-state index < -0.39 is 9.84 Å². The Labute approximate surface area is 132 Å². The van der Waals surface area contributed by atoms with Crippen LogP contribution in [0.25, 0.3) is 0 Å². The van der Waals surface area contributed by atoms with Gasteiger partial charge in [0, 0.05) is 6.54 Å². The molecule has 0 bridgehead atoms. The lowest BCUT2D eigenvalue weighted by Crippen LogP contribution is -2.14. The third-order valence-electron chi connectivity index (χ3n) is 3.28. The topological polar surface area (TPSA) is 55.4 Å². The Balaban J connectivity index is 1.95. The van der Waals surface area contributed by atoms with Crippen LogP contribution in [0, 0.1) is 6.92 Å². The molecule has 0 saturated carbocycles. The molecule has 0 saturated heterocycles. The Morgan fingerprint density at radius 1 is 1.09 bits per heavy atom. The summed E-state index contributed by atoms with van der Waals surface area (Å²) < 4.78 is 29.7. The molecule has 0 amide bonds. The summed E-state index contributed by atoms with van der Waals surface area (Å²) in [6.07, 6.45) is 0. The SMILES string of the molecule is CCS(=O)(=O)c1ccccc1NCCOc1cccc(C)c1. The van der Waals surface area contributed by atoms with Crippen molar-refractivity contribution < 1.29 is 13.2 Å². The number of anilines is 1. The zero-order valence-electron chi connectivity index (χ0n) is 12.9. The normalized spacial score (nSPS) is 11.2. The molecule has 5 heteroatoms. The molecule has 0 aliphatic carbocycles. The number of nitrogens with one attached hydrogen (secondary N) is 1. The van der Waals surface area contributed by atoms with E-state index in [0.717, 1.165) is 11.3 Å². The van der Waals surface area contributed by atoms with Gasteiger partial charge < -0.3 is 10.1 Å². The van der Waals surface area contributed by atoms with Crippen molar-refractivity contribution in [3.63, 3.8) is 0 Å². The van der Waals surface area contributed by atoms with Crippen LogP contribution in [0.3, 0.4) is 0 Å². The van der Waals surface area contributed by atoms with Gasteiger partial charge in [-0.15, -0.1) is 0 Å². The number of hydrogen-bond donors (Lipinski definition) is 1. The fourth-order valence-electron chi connectivity index (χ4n) is 2.10. The maximum absolute atomic E-state index is 12.0. The predicted octanol–water partition coefficient (Wildman–Crippen LogP) is 3.28. The van der Waals surface area contributed by atoms with E-state index in [1.54, 1.807) is 25.1 Å².